The lowest BCUT2D eigenvalue weighted by Gasteiger charge is -2.33. The number of imidazole rings is 1. The van der Waals surface area contributed by atoms with E-state index in [9.17, 15) is 9.59 Å². The first-order chi connectivity index (χ1) is 14.0. The molecule has 8 heteroatoms. The van der Waals surface area contributed by atoms with Crippen LogP contribution in [-0.2, 0) is 17.9 Å². The molecule has 2 amide bonds. The number of rotatable bonds is 5. The molecule has 0 atom stereocenters. The topological polar surface area (TPSA) is 70.5 Å². The van der Waals surface area contributed by atoms with E-state index in [0.29, 0.717) is 4.88 Å². The molecule has 3 heterocycles. The van der Waals surface area contributed by atoms with Gasteiger partial charge in [-0.15, -0.1) is 11.3 Å². The minimum absolute atomic E-state index is 0.0992. The molecule has 4 rings (SSSR count). The van der Waals surface area contributed by atoms with Crippen LogP contribution in [0.1, 0.15) is 29.3 Å². The molecule has 0 radical (unpaired) electrons. The summed E-state index contributed by atoms with van der Waals surface area (Å²) < 4.78 is 2.22. The molecule has 3 aromatic rings. The van der Waals surface area contributed by atoms with Gasteiger partial charge in [0.1, 0.15) is 5.82 Å². The quantitative estimate of drug-likeness (QED) is 0.701. The fourth-order valence-electron chi connectivity index (χ4n) is 3.75. The summed E-state index contributed by atoms with van der Waals surface area (Å²) in [6.45, 7) is 8.57. The van der Waals surface area contributed by atoms with E-state index in [1.54, 1.807) is 6.92 Å². The highest BCUT2D eigenvalue weighted by Gasteiger charge is 2.21. The number of anilines is 1. The minimum Gasteiger partial charge on any atom is -0.340 e. The maximum Gasteiger partial charge on any atom is 0.265 e. The second kappa shape index (κ2) is 8.34. The van der Waals surface area contributed by atoms with Crippen molar-refractivity contribution in [3.05, 3.63) is 46.4 Å². The fraction of sp³-hybridized carbons (Fsp3) is 0.381. The Kier molecular flexibility index (Phi) is 5.64. The Balaban J connectivity index is 1.51. The molecular formula is C21H25N5O2S. The van der Waals surface area contributed by atoms with Crippen LogP contribution in [0.25, 0.3) is 11.0 Å². The number of fused-ring (bicyclic) bond motifs is 1. The van der Waals surface area contributed by atoms with Crippen LogP contribution in [0, 0.1) is 0 Å². The average Bonchev–Trinajstić information content (AvgIpc) is 3.35. The van der Waals surface area contributed by atoms with Crippen LogP contribution in [0.5, 0.6) is 0 Å². The van der Waals surface area contributed by atoms with Crippen molar-refractivity contribution in [1.29, 1.82) is 0 Å². The molecule has 1 N–H and O–H groups in total. The third kappa shape index (κ3) is 4.18. The Bertz CT molecular complexity index is 1020. The lowest BCUT2D eigenvalue weighted by atomic mass is 10.2. The summed E-state index contributed by atoms with van der Waals surface area (Å²) in [4.78, 5) is 33.6. The number of nitrogens with zero attached hydrogens (tertiary/aromatic N) is 4. The number of amides is 2. The molecule has 0 bridgehead atoms. The summed E-state index contributed by atoms with van der Waals surface area (Å²) in [6.07, 6.45) is 0. The molecule has 0 aliphatic carbocycles. The molecule has 1 aliphatic heterocycles. The van der Waals surface area contributed by atoms with Crippen molar-refractivity contribution < 1.29 is 9.59 Å². The van der Waals surface area contributed by atoms with E-state index >= 15 is 0 Å². The molecule has 1 aliphatic rings. The number of aryl methyl sites for hydroxylation is 1. The van der Waals surface area contributed by atoms with E-state index in [1.165, 1.54) is 11.3 Å². The summed E-state index contributed by atoms with van der Waals surface area (Å²) >= 11 is 1.42. The van der Waals surface area contributed by atoms with Crippen molar-refractivity contribution in [3.63, 3.8) is 0 Å². The largest absolute Gasteiger partial charge is 0.340 e. The van der Waals surface area contributed by atoms with Crippen molar-refractivity contribution in [2.24, 2.45) is 0 Å². The van der Waals surface area contributed by atoms with Gasteiger partial charge in [-0.25, -0.2) is 4.98 Å². The summed E-state index contributed by atoms with van der Waals surface area (Å²) in [7, 11) is 0. The summed E-state index contributed by atoms with van der Waals surface area (Å²) in [5, 5.41) is 4.85. The first kappa shape index (κ1) is 19.6. The number of carbonyl (C=O) groups excluding carboxylic acids is 2. The van der Waals surface area contributed by atoms with Crippen molar-refractivity contribution in [3.8, 4) is 0 Å². The van der Waals surface area contributed by atoms with Gasteiger partial charge in [-0.05, 0) is 36.6 Å². The predicted molar refractivity (Wildman–Crippen MR) is 115 cm³/mol. The number of carbonyl (C=O) groups is 2. The molecule has 1 aromatic carbocycles. The second-order valence-corrected chi connectivity index (χ2v) is 8.14. The van der Waals surface area contributed by atoms with E-state index in [1.807, 2.05) is 40.6 Å². The normalized spacial score (nSPS) is 15.0. The Morgan fingerprint density at radius 1 is 1.17 bits per heavy atom. The smallest absolute Gasteiger partial charge is 0.265 e. The van der Waals surface area contributed by atoms with E-state index in [4.69, 9.17) is 4.98 Å². The van der Waals surface area contributed by atoms with Gasteiger partial charge >= 0.3 is 0 Å². The zero-order valence-corrected chi connectivity index (χ0v) is 17.5. The highest BCUT2D eigenvalue weighted by atomic mass is 32.1. The molecule has 2 aromatic heterocycles. The Hall–Kier alpha value is -2.71. The standard InChI is InChI=1S/C21H25N5O2S/c1-3-26-18-7-6-16(22-21(28)19-5-4-12-29-19)13-17(18)23-20(26)14-24-8-10-25(11-9-24)15(2)27/h4-7,12-13H,3,8-11,14H2,1-2H3,(H,22,28). The van der Waals surface area contributed by atoms with Gasteiger partial charge in [0.05, 0.1) is 22.5 Å². The summed E-state index contributed by atoms with van der Waals surface area (Å²) in [5.41, 5.74) is 2.70. The average molecular weight is 412 g/mol. The van der Waals surface area contributed by atoms with Gasteiger partial charge < -0.3 is 14.8 Å². The summed E-state index contributed by atoms with van der Waals surface area (Å²) in [5.74, 6) is 1.06. The van der Waals surface area contributed by atoms with Crippen LogP contribution >= 0.6 is 11.3 Å². The van der Waals surface area contributed by atoms with Crippen LogP contribution in [-0.4, -0.2) is 57.3 Å². The first-order valence-corrected chi connectivity index (χ1v) is 10.7. The van der Waals surface area contributed by atoms with Crippen LogP contribution in [0.15, 0.2) is 35.7 Å². The van der Waals surface area contributed by atoms with Gasteiger partial charge in [0.25, 0.3) is 5.91 Å². The van der Waals surface area contributed by atoms with Gasteiger partial charge in [-0.1, -0.05) is 6.07 Å². The van der Waals surface area contributed by atoms with Crippen LogP contribution < -0.4 is 5.32 Å². The predicted octanol–water partition coefficient (Wildman–Crippen LogP) is 3.03. The van der Waals surface area contributed by atoms with Crippen LogP contribution in [0.4, 0.5) is 5.69 Å². The monoisotopic (exact) mass is 411 g/mol. The number of aromatic nitrogens is 2. The third-order valence-corrected chi connectivity index (χ3v) is 6.20. The maximum absolute atomic E-state index is 12.3. The highest BCUT2D eigenvalue weighted by molar-refractivity contribution is 7.12. The van der Waals surface area contributed by atoms with E-state index in [-0.39, 0.29) is 11.8 Å². The van der Waals surface area contributed by atoms with Crippen molar-refractivity contribution >= 4 is 39.9 Å². The first-order valence-electron chi connectivity index (χ1n) is 9.87. The molecule has 0 saturated carbocycles. The van der Waals surface area contributed by atoms with Crippen molar-refractivity contribution in [2.75, 3.05) is 31.5 Å². The molecule has 29 heavy (non-hydrogen) atoms. The van der Waals surface area contributed by atoms with Gasteiger partial charge in [0, 0.05) is 45.3 Å². The van der Waals surface area contributed by atoms with Gasteiger partial charge in [-0.3, -0.25) is 14.5 Å². The zero-order valence-electron chi connectivity index (χ0n) is 16.7. The molecule has 1 fully saturated rings. The Morgan fingerprint density at radius 2 is 1.97 bits per heavy atom. The fourth-order valence-corrected chi connectivity index (χ4v) is 4.37. The van der Waals surface area contributed by atoms with E-state index in [0.717, 1.165) is 61.8 Å². The number of nitrogens with one attached hydrogen (secondary N) is 1. The highest BCUT2D eigenvalue weighted by Crippen LogP contribution is 2.23. The zero-order chi connectivity index (χ0) is 20.4. The number of hydrogen-bond acceptors (Lipinski definition) is 5. The molecule has 0 unspecified atom stereocenters. The Labute approximate surface area is 173 Å². The molecular weight excluding hydrogens is 386 g/mol. The lowest BCUT2D eigenvalue weighted by molar-refractivity contribution is -0.130. The van der Waals surface area contributed by atoms with Crippen molar-refractivity contribution in [2.45, 2.75) is 26.9 Å². The molecule has 0 spiro atoms. The van der Waals surface area contributed by atoms with Crippen LogP contribution in [0.2, 0.25) is 0 Å². The molecule has 152 valence electrons. The Morgan fingerprint density at radius 3 is 2.62 bits per heavy atom. The van der Waals surface area contributed by atoms with Gasteiger partial charge in [0.2, 0.25) is 5.91 Å². The van der Waals surface area contributed by atoms with E-state index < -0.39 is 0 Å². The number of benzene rings is 1. The number of hydrogen-bond donors (Lipinski definition) is 1. The third-order valence-electron chi connectivity index (χ3n) is 5.33. The number of piperazine rings is 1. The maximum atomic E-state index is 12.3. The van der Waals surface area contributed by atoms with Gasteiger partial charge in [-0.2, -0.15) is 0 Å². The van der Waals surface area contributed by atoms with Crippen LogP contribution in [0.3, 0.4) is 0 Å². The molecule has 7 nitrogen and oxygen atoms in total. The van der Waals surface area contributed by atoms with E-state index in [2.05, 4.69) is 21.7 Å². The molecule has 1 saturated heterocycles. The summed E-state index contributed by atoms with van der Waals surface area (Å²) in [6, 6.07) is 9.57. The number of thiophene rings is 1. The second-order valence-electron chi connectivity index (χ2n) is 7.19. The van der Waals surface area contributed by atoms with Crippen molar-refractivity contribution in [1.82, 2.24) is 19.4 Å². The SMILES string of the molecule is CCn1c(CN2CCN(C(C)=O)CC2)nc2cc(NC(=O)c3cccs3)ccc21. The van der Waals surface area contributed by atoms with Gasteiger partial charge in [0.15, 0.2) is 0 Å². The minimum atomic E-state index is -0.0992. The lowest BCUT2D eigenvalue weighted by Crippen LogP contribution is -2.47.